The van der Waals surface area contributed by atoms with Crippen LogP contribution in [0.25, 0.3) is 0 Å². The second kappa shape index (κ2) is 7.03. The van der Waals surface area contributed by atoms with Crippen molar-refractivity contribution in [3.8, 4) is 5.75 Å². The van der Waals surface area contributed by atoms with Crippen molar-refractivity contribution in [2.75, 3.05) is 37.6 Å². The summed E-state index contributed by atoms with van der Waals surface area (Å²) >= 11 is 6.23. The van der Waals surface area contributed by atoms with E-state index in [1.165, 1.54) is 5.56 Å². The molecule has 0 aromatic heterocycles. The third kappa shape index (κ3) is 3.73. The number of phenols is 1. The highest BCUT2D eigenvalue weighted by atomic mass is 35.5. The summed E-state index contributed by atoms with van der Waals surface area (Å²) < 4.78 is 0. The van der Waals surface area contributed by atoms with Crippen LogP contribution in [0.1, 0.15) is 5.56 Å². The average Bonchev–Trinajstić information content (AvgIpc) is 2.55. The first-order valence-electron chi connectivity index (χ1n) is 7.72. The molecule has 1 saturated heterocycles. The van der Waals surface area contributed by atoms with Gasteiger partial charge in [0.25, 0.3) is 0 Å². The minimum Gasteiger partial charge on any atom is -0.508 e. The maximum Gasteiger partial charge on any atom is 0.117 e. The third-order valence-electron chi connectivity index (χ3n) is 4.20. The summed E-state index contributed by atoms with van der Waals surface area (Å²) in [6, 6.07) is 15.8. The Balaban J connectivity index is 1.52. The predicted molar refractivity (Wildman–Crippen MR) is 91.9 cm³/mol. The minimum atomic E-state index is 0.218. The number of nitrogens with zero attached hydrogens (tertiary/aromatic N) is 2. The summed E-state index contributed by atoms with van der Waals surface area (Å²) in [5.41, 5.74) is 2.41. The average molecular weight is 317 g/mol. The molecule has 1 heterocycles. The smallest absolute Gasteiger partial charge is 0.117 e. The summed E-state index contributed by atoms with van der Waals surface area (Å²) in [4.78, 5) is 4.79. The molecule has 0 radical (unpaired) electrons. The fourth-order valence-electron chi connectivity index (χ4n) is 2.90. The van der Waals surface area contributed by atoms with Gasteiger partial charge in [-0.15, -0.1) is 0 Å². The topological polar surface area (TPSA) is 26.7 Å². The Morgan fingerprint density at radius 1 is 0.955 bits per heavy atom. The van der Waals surface area contributed by atoms with Crippen LogP contribution in [0.2, 0.25) is 5.02 Å². The molecule has 0 amide bonds. The lowest BCUT2D eigenvalue weighted by molar-refractivity contribution is 0.261. The van der Waals surface area contributed by atoms with Gasteiger partial charge in [0.15, 0.2) is 0 Å². The number of phenolic OH excluding ortho intramolecular Hbond substituents is 1. The second-order valence-corrected chi connectivity index (χ2v) is 6.11. The molecule has 0 aliphatic carbocycles. The summed E-state index contributed by atoms with van der Waals surface area (Å²) in [7, 11) is 0. The molecule has 1 aliphatic heterocycles. The van der Waals surface area contributed by atoms with Gasteiger partial charge in [-0.3, -0.25) is 4.90 Å². The fourth-order valence-corrected chi connectivity index (χ4v) is 3.19. The Morgan fingerprint density at radius 2 is 1.68 bits per heavy atom. The van der Waals surface area contributed by atoms with Gasteiger partial charge in [0, 0.05) is 38.8 Å². The fraction of sp³-hybridized carbons (Fsp3) is 0.333. The van der Waals surface area contributed by atoms with E-state index < -0.39 is 0 Å². The van der Waals surface area contributed by atoms with Gasteiger partial charge in [-0.05, 0) is 24.1 Å². The molecule has 0 saturated carbocycles. The van der Waals surface area contributed by atoms with Crippen LogP contribution in [-0.4, -0.2) is 42.7 Å². The quantitative estimate of drug-likeness (QED) is 0.936. The molecule has 0 unspecified atom stereocenters. The van der Waals surface area contributed by atoms with Crippen LogP contribution in [0.3, 0.4) is 0 Å². The number of hydrogen-bond donors (Lipinski definition) is 1. The lowest BCUT2D eigenvalue weighted by atomic mass is 10.1. The first-order valence-corrected chi connectivity index (χ1v) is 8.10. The minimum absolute atomic E-state index is 0.218. The Labute approximate surface area is 136 Å². The van der Waals surface area contributed by atoms with Crippen LogP contribution in [0.4, 0.5) is 5.69 Å². The SMILES string of the molecule is Oc1ccc(N2CCN(CCc3ccccc3)CC2)c(Cl)c1. The van der Waals surface area contributed by atoms with E-state index in [9.17, 15) is 5.11 Å². The predicted octanol–water partition coefficient (Wildman–Crippen LogP) is 3.41. The second-order valence-electron chi connectivity index (χ2n) is 5.70. The van der Waals surface area contributed by atoms with Crippen molar-refractivity contribution in [2.45, 2.75) is 6.42 Å². The Kier molecular flexibility index (Phi) is 4.86. The van der Waals surface area contributed by atoms with Gasteiger partial charge in [0.05, 0.1) is 10.7 Å². The Morgan fingerprint density at radius 3 is 2.36 bits per heavy atom. The van der Waals surface area contributed by atoms with Crippen LogP contribution in [0.5, 0.6) is 5.75 Å². The van der Waals surface area contributed by atoms with Gasteiger partial charge in [-0.1, -0.05) is 41.9 Å². The lowest BCUT2D eigenvalue weighted by Crippen LogP contribution is -2.47. The molecule has 1 N–H and O–H groups in total. The van der Waals surface area contributed by atoms with Gasteiger partial charge in [0.2, 0.25) is 0 Å². The van der Waals surface area contributed by atoms with Gasteiger partial charge >= 0.3 is 0 Å². The number of aromatic hydroxyl groups is 1. The maximum absolute atomic E-state index is 9.44. The van der Waals surface area contributed by atoms with E-state index in [0.717, 1.165) is 44.8 Å². The van der Waals surface area contributed by atoms with Gasteiger partial charge in [-0.2, -0.15) is 0 Å². The molecular weight excluding hydrogens is 296 g/mol. The molecule has 0 atom stereocenters. The summed E-state index contributed by atoms with van der Waals surface area (Å²) in [5.74, 6) is 0.218. The molecule has 0 bridgehead atoms. The van der Waals surface area contributed by atoms with E-state index in [1.807, 2.05) is 6.07 Å². The van der Waals surface area contributed by atoms with Gasteiger partial charge in [0.1, 0.15) is 5.75 Å². The molecule has 2 aromatic rings. The van der Waals surface area contributed by atoms with Crippen molar-refractivity contribution in [2.24, 2.45) is 0 Å². The zero-order valence-electron chi connectivity index (χ0n) is 12.6. The number of hydrogen-bond acceptors (Lipinski definition) is 3. The van der Waals surface area contributed by atoms with Crippen molar-refractivity contribution in [3.63, 3.8) is 0 Å². The highest BCUT2D eigenvalue weighted by Gasteiger charge is 2.18. The van der Waals surface area contributed by atoms with E-state index in [-0.39, 0.29) is 5.75 Å². The zero-order chi connectivity index (χ0) is 15.4. The van der Waals surface area contributed by atoms with Gasteiger partial charge in [-0.25, -0.2) is 0 Å². The normalized spacial score (nSPS) is 16.0. The van der Waals surface area contributed by atoms with Crippen molar-refractivity contribution < 1.29 is 5.11 Å². The molecule has 3 nitrogen and oxygen atoms in total. The first kappa shape index (κ1) is 15.2. The molecule has 116 valence electrons. The zero-order valence-corrected chi connectivity index (χ0v) is 13.3. The van der Waals surface area contributed by atoms with Crippen molar-refractivity contribution >= 4 is 17.3 Å². The van der Waals surface area contributed by atoms with E-state index in [1.54, 1.807) is 12.1 Å². The standard InChI is InChI=1S/C18H21ClN2O/c19-17-14-16(22)6-7-18(17)21-12-10-20(11-13-21)9-8-15-4-2-1-3-5-15/h1-7,14,22H,8-13H2. The maximum atomic E-state index is 9.44. The number of piperazine rings is 1. The van der Waals surface area contributed by atoms with Crippen LogP contribution < -0.4 is 4.90 Å². The highest BCUT2D eigenvalue weighted by molar-refractivity contribution is 6.33. The van der Waals surface area contributed by atoms with Gasteiger partial charge < -0.3 is 10.0 Å². The summed E-state index contributed by atoms with van der Waals surface area (Å²) in [6.45, 7) is 5.13. The van der Waals surface area contributed by atoms with Crippen molar-refractivity contribution in [1.29, 1.82) is 0 Å². The third-order valence-corrected chi connectivity index (χ3v) is 4.51. The molecule has 22 heavy (non-hydrogen) atoms. The van der Waals surface area contributed by atoms with E-state index in [0.29, 0.717) is 5.02 Å². The molecule has 1 fully saturated rings. The van der Waals surface area contributed by atoms with E-state index in [2.05, 4.69) is 40.1 Å². The van der Waals surface area contributed by atoms with Crippen LogP contribution in [0, 0.1) is 0 Å². The molecular formula is C18H21ClN2O. The molecule has 3 rings (SSSR count). The largest absolute Gasteiger partial charge is 0.508 e. The number of anilines is 1. The number of halogens is 1. The molecule has 0 spiro atoms. The Hall–Kier alpha value is -1.71. The van der Waals surface area contributed by atoms with E-state index >= 15 is 0 Å². The highest BCUT2D eigenvalue weighted by Crippen LogP contribution is 2.29. The molecule has 2 aromatic carbocycles. The van der Waals surface area contributed by atoms with Crippen molar-refractivity contribution in [1.82, 2.24) is 4.90 Å². The van der Waals surface area contributed by atoms with Crippen LogP contribution in [0.15, 0.2) is 48.5 Å². The summed E-state index contributed by atoms with van der Waals surface area (Å²) in [6.07, 6.45) is 1.10. The molecule has 4 heteroatoms. The van der Waals surface area contributed by atoms with Crippen LogP contribution >= 0.6 is 11.6 Å². The Bertz CT molecular complexity index is 610. The molecule has 1 aliphatic rings. The summed E-state index contributed by atoms with van der Waals surface area (Å²) in [5, 5.41) is 10.1. The van der Waals surface area contributed by atoms with Crippen molar-refractivity contribution in [3.05, 3.63) is 59.1 Å². The first-order chi connectivity index (χ1) is 10.7. The van der Waals surface area contributed by atoms with Crippen LogP contribution in [-0.2, 0) is 6.42 Å². The van der Waals surface area contributed by atoms with E-state index in [4.69, 9.17) is 11.6 Å². The lowest BCUT2D eigenvalue weighted by Gasteiger charge is -2.36. The number of rotatable bonds is 4. The monoisotopic (exact) mass is 316 g/mol. The number of benzene rings is 2.